The summed E-state index contributed by atoms with van der Waals surface area (Å²) in [6.07, 6.45) is -0.446. The maximum Gasteiger partial charge on any atom is 0.422 e. The molecule has 4 heteroatoms. The molecule has 2 N–H and O–H groups in total. The lowest BCUT2D eigenvalue weighted by Gasteiger charge is -2.28. The Bertz CT molecular complexity index is 214. The Kier molecular flexibility index (Phi) is 4.59. The SMILES string of the molecule is CC(NNC(=O)OC(C)(C)C)C(C)(C)C. The lowest BCUT2D eigenvalue weighted by molar-refractivity contribution is 0.0474. The smallest absolute Gasteiger partial charge is 0.422 e. The number of hydrogen-bond donors (Lipinski definition) is 2. The van der Waals surface area contributed by atoms with Crippen LogP contribution in [0.15, 0.2) is 0 Å². The second-order valence-corrected chi connectivity index (χ2v) is 5.86. The Morgan fingerprint density at radius 2 is 1.60 bits per heavy atom. The van der Waals surface area contributed by atoms with Gasteiger partial charge < -0.3 is 4.74 Å². The van der Waals surface area contributed by atoms with E-state index < -0.39 is 11.7 Å². The number of carbonyl (C=O) groups is 1. The zero-order chi connectivity index (χ0) is 12.3. The number of nitrogens with one attached hydrogen (secondary N) is 2. The fraction of sp³-hybridized carbons (Fsp3) is 0.909. The normalized spacial score (nSPS) is 14.6. The largest absolute Gasteiger partial charge is 0.443 e. The molecule has 0 saturated heterocycles. The number of rotatable bonds is 2. The molecule has 4 nitrogen and oxygen atoms in total. The molecule has 1 atom stereocenters. The summed E-state index contributed by atoms with van der Waals surface area (Å²) in [5.41, 5.74) is 5.09. The van der Waals surface area contributed by atoms with Gasteiger partial charge in [0.1, 0.15) is 5.60 Å². The fourth-order valence-electron chi connectivity index (χ4n) is 0.687. The van der Waals surface area contributed by atoms with Crippen molar-refractivity contribution in [2.75, 3.05) is 0 Å². The first-order valence-corrected chi connectivity index (χ1v) is 5.27. The molecule has 15 heavy (non-hydrogen) atoms. The Labute approximate surface area is 92.7 Å². The Balaban J connectivity index is 3.92. The van der Waals surface area contributed by atoms with Gasteiger partial charge >= 0.3 is 6.09 Å². The van der Waals surface area contributed by atoms with E-state index in [0.29, 0.717) is 0 Å². The Hall–Kier alpha value is -0.770. The van der Waals surface area contributed by atoms with Gasteiger partial charge in [0.15, 0.2) is 0 Å². The molecule has 0 fully saturated rings. The molecule has 0 saturated carbocycles. The van der Waals surface area contributed by atoms with E-state index >= 15 is 0 Å². The van der Waals surface area contributed by atoms with Crippen molar-refractivity contribution in [1.29, 1.82) is 0 Å². The van der Waals surface area contributed by atoms with Crippen LogP contribution in [0.1, 0.15) is 48.5 Å². The van der Waals surface area contributed by atoms with Gasteiger partial charge in [0.2, 0.25) is 0 Å². The molecule has 0 rings (SSSR count). The molecule has 90 valence electrons. The minimum atomic E-state index is -0.462. The van der Waals surface area contributed by atoms with Crippen LogP contribution in [0.25, 0.3) is 0 Å². The standard InChI is InChI=1S/C11H24N2O2/c1-8(10(2,3)4)12-13-9(14)15-11(5,6)7/h8,12H,1-7H3,(H,13,14). The molecule has 0 aliphatic heterocycles. The van der Waals surface area contributed by atoms with Crippen molar-refractivity contribution in [1.82, 2.24) is 10.9 Å². The number of carbonyl (C=O) groups excluding carboxylic acids is 1. The highest BCUT2D eigenvalue weighted by Crippen LogP contribution is 2.17. The lowest BCUT2D eigenvalue weighted by Crippen LogP contribution is -2.49. The first-order chi connectivity index (χ1) is 6.52. The van der Waals surface area contributed by atoms with Crippen molar-refractivity contribution in [2.45, 2.75) is 60.1 Å². The van der Waals surface area contributed by atoms with Crippen LogP contribution in [0.4, 0.5) is 4.79 Å². The average Bonchev–Trinajstić information content (AvgIpc) is 1.94. The molecule has 0 aromatic rings. The van der Waals surface area contributed by atoms with Crippen molar-refractivity contribution < 1.29 is 9.53 Å². The van der Waals surface area contributed by atoms with E-state index in [1.54, 1.807) is 0 Å². The summed E-state index contributed by atoms with van der Waals surface area (Å²) in [6, 6.07) is 0.171. The second kappa shape index (κ2) is 4.84. The molecule has 0 radical (unpaired) electrons. The predicted molar refractivity (Wildman–Crippen MR) is 61.4 cm³/mol. The van der Waals surface area contributed by atoms with Gasteiger partial charge in [-0.3, -0.25) is 5.43 Å². The molecular weight excluding hydrogens is 192 g/mol. The van der Waals surface area contributed by atoms with E-state index in [1.807, 2.05) is 27.7 Å². The van der Waals surface area contributed by atoms with E-state index in [0.717, 1.165) is 0 Å². The van der Waals surface area contributed by atoms with Gasteiger partial charge in [0, 0.05) is 6.04 Å². The minimum Gasteiger partial charge on any atom is -0.443 e. The summed E-state index contributed by atoms with van der Waals surface area (Å²) in [4.78, 5) is 11.3. The van der Waals surface area contributed by atoms with Crippen LogP contribution in [0.2, 0.25) is 0 Å². The summed E-state index contributed by atoms with van der Waals surface area (Å²) in [5.74, 6) is 0. The highest BCUT2D eigenvalue weighted by Gasteiger charge is 2.21. The summed E-state index contributed by atoms with van der Waals surface area (Å²) >= 11 is 0. The maximum absolute atomic E-state index is 11.3. The predicted octanol–water partition coefficient (Wildman–Crippen LogP) is 2.45. The lowest BCUT2D eigenvalue weighted by atomic mass is 9.89. The summed E-state index contributed by atoms with van der Waals surface area (Å²) in [7, 11) is 0. The fourth-order valence-corrected chi connectivity index (χ4v) is 0.687. The van der Waals surface area contributed by atoms with Gasteiger partial charge in [-0.15, -0.1) is 0 Å². The average molecular weight is 216 g/mol. The molecule has 1 unspecified atom stereocenters. The van der Waals surface area contributed by atoms with Crippen LogP contribution < -0.4 is 10.9 Å². The third-order valence-corrected chi connectivity index (χ3v) is 2.09. The van der Waals surface area contributed by atoms with Crippen LogP contribution in [0.5, 0.6) is 0 Å². The molecule has 0 aliphatic rings. The number of amides is 1. The first-order valence-electron chi connectivity index (χ1n) is 5.27. The molecule has 0 spiro atoms. The van der Waals surface area contributed by atoms with Crippen LogP contribution in [0, 0.1) is 5.41 Å². The Morgan fingerprint density at radius 3 is 1.93 bits per heavy atom. The van der Waals surface area contributed by atoms with Gasteiger partial charge in [0.25, 0.3) is 0 Å². The van der Waals surface area contributed by atoms with Crippen molar-refractivity contribution in [2.24, 2.45) is 5.41 Å². The maximum atomic E-state index is 11.3. The molecular formula is C11H24N2O2. The second-order valence-electron chi connectivity index (χ2n) is 5.86. The number of hydrazine groups is 1. The van der Waals surface area contributed by atoms with Crippen LogP contribution in [-0.4, -0.2) is 17.7 Å². The van der Waals surface area contributed by atoms with Crippen LogP contribution in [-0.2, 0) is 4.74 Å². The van der Waals surface area contributed by atoms with E-state index in [1.165, 1.54) is 0 Å². The third-order valence-electron chi connectivity index (χ3n) is 2.09. The van der Waals surface area contributed by atoms with Crippen LogP contribution >= 0.6 is 0 Å². The number of hydrogen-bond acceptors (Lipinski definition) is 3. The van der Waals surface area contributed by atoms with E-state index in [9.17, 15) is 4.79 Å². The summed E-state index contributed by atoms with van der Waals surface area (Å²) in [5, 5.41) is 0. The molecule has 0 heterocycles. The topological polar surface area (TPSA) is 50.4 Å². The molecule has 1 amide bonds. The third kappa shape index (κ3) is 7.19. The van der Waals surface area contributed by atoms with Gasteiger partial charge in [-0.2, -0.15) is 0 Å². The summed E-state index contributed by atoms with van der Waals surface area (Å²) < 4.78 is 5.09. The summed E-state index contributed by atoms with van der Waals surface area (Å²) in [6.45, 7) is 13.8. The zero-order valence-electron chi connectivity index (χ0n) is 10.9. The van der Waals surface area contributed by atoms with Crippen LogP contribution in [0.3, 0.4) is 0 Å². The molecule has 0 aromatic heterocycles. The quantitative estimate of drug-likeness (QED) is 0.697. The number of ether oxygens (including phenoxy) is 1. The van der Waals surface area contributed by atoms with Crippen molar-refractivity contribution >= 4 is 6.09 Å². The molecule has 0 aliphatic carbocycles. The van der Waals surface area contributed by atoms with E-state index in [2.05, 4.69) is 31.6 Å². The zero-order valence-corrected chi connectivity index (χ0v) is 10.9. The van der Waals surface area contributed by atoms with Gasteiger partial charge in [-0.25, -0.2) is 10.2 Å². The molecule has 0 aromatic carbocycles. The Morgan fingerprint density at radius 1 is 1.13 bits per heavy atom. The first kappa shape index (κ1) is 14.2. The van der Waals surface area contributed by atoms with Crippen molar-refractivity contribution in [3.63, 3.8) is 0 Å². The minimum absolute atomic E-state index is 0.0923. The van der Waals surface area contributed by atoms with E-state index in [4.69, 9.17) is 4.74 Å². The van der Waals surface area contributed by atoms with E-state index in [-0.39, 0.29) is 11.5 Å². The highest BCUT2D eigenvalue weighted by molar-refractivity contribution is 5.67. The van der Waals surface area contributed by atoms with Gasteiger partial charge in [-0.1, -0.05) is 20.8 Å². The van der Waals surface area contributed by atoms with Crippen molar-refractivity contribution in [3.8, 4) is 0 Å². The van der Waals surface area contributed by atoms with Gasteiger partial charge in [-0.05, 0) is 33.1 Å². The monoisotopic (exact) mass is 216 g/mol. The molecule has 0 bridgehead atoms. The highest BCUT2D eigenvalue weighted by atomic mass is 16.6. The van der Waals surface area contributed by atoms with Crippen molar-refractivity contribution in [3.05, 3.63) is 0 Å². The van der Waals surface area contributed by atoms with Gasteiger partial charge in [0.05, 0.1) is 0 Å².